The third kappa shape index (κ3) is 3.33. The van der Waals surface area contributed by atoms with Crippen molar-refractivity contribution in [1.82, 2.24) is 15.6 Å². The van der Waals surface area contributed by atoms with E-state index in [1.54, 1.807) is 0 Å². The van der Waals surface area contributed by atoms with Crippen LogP contribution in [0.1, 0.15) is 51.5 Å². The minimum atomic E-state index is -0.116. The van der Waals surface area contributed by atoms with Gasteiger partial charge in [0.25, 0.3) is 0 Å². The van der Waals surface area contributed by atoms with Crippen molar-refractivity contribution in [3.8, 4) is 0 Å². The fraction of sp³-hybridized carbons (Fsp3) is 0.706. The van der Waals surface area contributed by atoms with Crippen LogP contribution in [0.2, 0.25) is 0 Å². The van der Waals surface area contributed by atoms with Gasteiger partial charge in [-0.2, -0.15) is 0 Å². The van der Waals surface area contributed by atoms with Gasteiger partial charge >= 0.3 is 0 Å². The Balaban J connectivity index is 1.69. The first-order valence-corrected chi connectivity index (χ1v) is 8.26. The first-order valence-electron chi connectivity index (χ1n) is 8.26. The van der Waals surface area contributed by atoms with Gasteiger partial charge in [-0.1, -0.05) is 33.8 Å². The molecule has 3 rings (SSSR count). The second-order valence-corrected chi connectivity index (χ2v) is 6.95. The van der Waals surface area contributed by atoms with E-state index in [1.165, 1.54) is 0 Å². The predicted octanol–water partition coefficient (Wildman–Crippen LogP) is 2.37. The van der Waals surface area contributed by atoms with E-state index in [4.69, 9.17) is 14.5 Å². The molecule has 2 saturated heterocycles. The van der Waals surface area contributed by atoms with E-state index in [0.717, 1.165) is 24.6 Å². The quantitative estimate of drug-likeness (QED) is 0.894. The Labute approximate surface area is 132 Å². The lowest BCUT2D eigenvalue weighted by Gasteiger charge is -2.17. The summed E-state index contributed by atoms with van der Waals surface area (Å²) in [6.45, 7) is 10.3. The lowest BCUT2D eigenvalue weighted by molar-refractivity contribution is 0.0884. The van der Waals surface area contributed by atoms with E-state index in [2.05, 4.69) is 38.3 Å². The van der Waals surface area contributed by atoms with Gasteiger partial charge in [-0.05, 0) is 24.0 Å². The van der Waals surface area contributed by atoms with Gasteiger partial charge in [0.05, 0.1) is 24.6 Å². The molecule has 4 unspecified atom stereocenters. The number of hydrogen-bond donors (Lipinski definition) is 2. The molecule has 4 atom stereocenters. The van der Waals surface area contributed by atoms with Crippen molar-refractivity contribution in [2.75, 3.05) is 13.2 Å². The second-order valence-electron chi connectivity index (χ2n) is 6.95. The van der Waals surface area contributed by atoms with Gasteiger partial charge in [0, 0.05) is 12.1 Å². The maximum Gasteiger partial charge on any atom is 0.151 e. The molecule has 0 saturated carbocycles. The van der Waals surface area contributed by atoms with Gasteiger partial charge < -0.3 is 9.47 Å². The van der Waals surface area contributed by atoms with Crippen LogP contribution in [0.5, 0.6) is 0 Å². The van der Waals surface area contributed by atoms with Crippen LogP contribution in [0.15, 0.2) is 18.2 Å². The number of pyridine rings is 1. The van der Waals surface area contributed by atoms with Crippen LogP contribution in [-0.2, 0) is 9.47 Å². The highest BCUT2D eigenvalue weighted by atomic mass is 16.5. The summed E-state index contributed by atoms with van der Waals surface area (Å²) >= 11 is 0. The summed E-state index contributed by atoms with van der Waals surface area (Å²) in [7, 11) is 0. The number of aromatic nitrogens is 1. The molecule has 0 spiro atoms. The first-order chi connectivity index (χ1) is 10.5. The molecule has 0 aliphatic carbocycles. The maximum absolute atomic E-state index is 5.86. The van der Waals surface area contributed by atoms with Crippen LogP contribution >= 0.6 is 0 Å². The van der Waals surface area contributed by atoms with Gasteiger partial charge in [-0.15, -0.1) is 0 Å². The minimum absolute atomic E-state index is 0.116. The molecule has 0 aromatic carbocycles. The first kappa shape index (κ1) is 15.9. The zero-order chi connectivity index (χ0) is 15.7. The average molecular weight is 305 g/mol. The Bertz CT molecular complexity index is 465. The molecule has 3 heterocycles. The van der Waals surface area contributed by atoms with E-state index < -0.39 is 0 Å². The standard InChI is InChI=1S/C17H27N3O2/c1-10(2)14-8-21-16(19-14)12-6-5-7-13(18-12)17-20-15(9-22-17)11(3)4/h5-7,10-11,14-17,19-20H,8-9H2,1-4H3. The van der Waals surface area contributed by atoms with E-state index in [9.17, 15) is 0 Å². The van der Waals surface area contributed by atoms with Crippen molar-refractivity contribution in [1.29, 1.82) is 0 Å². The zero-order valence-corrected chi connectivity index (χ0v) is 13.9. The molecule has 2 aliphatic rings. The smallest absolute Gasteiger partial charge is 0.151 e. The summed E-state index contributed by atoms with van der Waals surface area (Å²) in [5, 5.41) is 7.01. The number of ether oxygens (including phenoxy) is 2. The van der Waals surface area contributed by atoms with Gasteiger partial charge in [0.1, 0.15) is 0 Å². The van der Waals surface area contributed by atoms with Crippen molar-refractivity contribution in [3.05, 3.63) is 29.6 Å². The number of rotatable bonds is 4. The summed E-state index contributed by atoms with van der Waals surface area (Å²) in [6.07, 6.45) is -0.232. The molecule has 1 aromatic rings. The molecular formula is C17H27N3O2. The molecular weight excluding hydrogens is 278 g/mol. The Morgan fingerprint density at radius 2 is 1.36 bits per heavy atom. The summed E-state index contributed by atoms with van der Waals surface area (Å²) in [6, 6.07) is 6.83. The fourth-order valence-corrected chi connectivity index (χ4v) is 2.85. The van der Waals surface area contributed by atoms with E-state index >= 15 is 0 Å². The Kier molecular flexibility index (Phi) is 4.78. The number of nitrogens with one attached hydrogen (secondary N) is 2. The topological polar surface area (TPSA) is 55.4 Å². The Morgan fingerprint density at radius 3 is 1.73 bits per heavy atom. The molecule has 0 bridgehead atoms. The number of hydrogen-bond acceptors (Lipinski definition) is 5. The van der Waals surface area contributed by atoms with Crippen molar-refractivity contribution in [2.45, 2.75) is 52.2 Å². The highest BCUT2D eigenvalue weighted by molar-refractivity contribution is 5.16. The highest BCUT2D eigenvalue weighted by Crippen LogP contribution is 2.26. The van der Waals surface area contributed by atoms with Crippen LogP contribution in [0, 0.1) is 11.8 Å². The van der Waals surface area contributed by atoms with Crippen LogP contribution in [0.4, 0.5) is 0 Å². The third-order valence-corrected chi connectivity index (χ3v) is 4.55. The minimum Gasteiger partial charge on any atom is -0.356 e. The highest BCUT2D eigenvalue weighted by Gasteiger charge is 2.31. The van der Waals surface area contributed by atoms with E-state index in [-0.39, 0.29) is 12.5 Å². The summed E-state index contributed by atoms with van der Waals surface area (Å²) in [4.78, 5) is 4.75. The monoisotopic (exact) mass is 305 g/mol. The molecule has 0 amide bonds. The molecule has 2 aliphatic heterocycles. The van der Waals surface area contributed by atoms with Crippen LogP contribution in [0.25, 0.3) is 0 Å². The van der Waals surface area contributed by atoms with Crippen molar-refractivity contribution < 1.29 is 9.47 Å². The lowest BCUT2D eigenvalue weighted by atomic mass is 10.1. The molecule has 5 nitrogen and oxygen atoms in total. The van der Waals surface area contributed by atoms with E-state index in [1.807, 2.05) is 18.2 Å². The normalized spacial score (nSPS) is 32.3. The zero-order valence-electron chi connectivity index (χ0n) is 13.9. The fourth-order valence-electron chi connectivity index (χ4n) is 2.85. The van der Waals surface area contributed by atoms with Crippen molar-refractivity contribution >= 4 is 0 Å². The second kappa shape index (κ2) is 6.62. The SMILES string of the molecule is CC(C)C1COC(c2cccc(C3NC(C(C)C)CO3)n2)N1. The Hall–Kier alpha value is -1.01. The predicted molar refractivity (Wildman–Crippen MR) is 85.1 cm³/mol. The van der Waals surface area contributed by atoms with Crippen LogP contribution in [0.3, 0.4) is 0 Å². The summed E-state index contributed by atoms with van der Waals surface area (Å²) < 4.78 is 11.7. The third-order valence-electron chi connectivity index (χ3n) is 4.55. The van der Waals surface area contributed by atoms with Crippen molar-refractivity contribution in [3.63, 3.8) is 0 Å². The van der Waals surface area contributed by atoms with Gasteiger partial charge in [-0.3, -0.25) is 10.6 Å². The molecule has 22 heavy (non-hydrogen) atoms. The Morgan fingerprint density at radius 1 is 0.909 bits per heavy atom. The largest absolute Gasteiger partial charge is 0.356 e. The molecule has 1 aromatic heterocycles. The number of nitrogens with zero attached hydrogens (tertiary/aromatic N) is 1. The summed E-state index contributed by atoms with van der Waals surface area (Å²) in [5.74, 6) is 1.11. The lowest BCUT2D eigenvalue weighted by Crippen LogP contribution is -2.32. The van der Waals surface area contributed by atoms with Crippen molar-refractivity contribution in [2.24, 2.45) is 11.8 Å². The van der Waals surface area contributed by atoms with Crippen LogP contribution in [-0.4, -0.2) is 30.3 Å². The molecule has 0 radical (unpaired) electrons. The molecule has 5 heteroatoms. The van der Waals surface area contributed by atoms with Gasteiger partial charge in [0.2, 0.25) is 0 Å². The molecule has 2 fully saturated rings. The van der Waals surface area contributed by atoms with Crippen LogP contribution < -0.4 is 10.6 Å². The van der Waals surface area contributed by atoms with E-state index in [0.29, 0.717) is 23.9 Å². The summed E-state index contributed by atoms with van der Waals surface area (Å²) in [5.41, 5.74) is 1.86. The van der Waals surface area contributed by atoms with Gasteiger partial charge in [0.15, 0.2) is 12.5 Å². The average Bonchev–Trinajstić information content (AvgIpc) is 3.17. The maximum atomic E-state index is 5.86. The van der Waals surface area contributed by atoms with Gasteiger partial charge in [-0.25, -0.2) is 4.98 Å². The molecule has 122 valence electrons. The molecule has 2 N–H and O–H groups in total.